The topological polar surface area (TPSA) is 150 Å². The van der Waals surface area contributed by atoms with E-state index in [1.165, 1.54) is 32.1 Å². The van der Waals surface area contributed by atoms with E-state index in [4.69, 9.17) is 14.2 Å². The molecule has 3 unspecified atom stereocenters. The molecule has 4 rings (SSSR count). The second-order valence-electron chi connectivity index (χ2n) is 31.7. The van der Waals surface area contributed by atoms with Gasteiger partial charge in [-0.15, -0.1) is 19.7 Å². The zero-order valence-corrected chi connectivity index (χ0v) is 62.9. The average Bonchev–Trinajstić information content (AvgIpc) is 3.24. The second kappa shape index (κ2) is 40.7. The van der Waals surface area contributed by atoms with Crippen molar-refractivity contribution in [1.82, 2.24) is 0 Å². The molecule has 0 N–H and O–H groups in total. The van der Waals surface area contributed by atoms with E-state index in [9.17, 15) is 30.2 Å². The molecule has 4 fully saturated rings. The Hall–Kier alpha value is -2.18. The summed E-state index contributed by atoms with van der Waals surface area (Å²) < 4.78 is 15.3. The van der Waals surface area contributed by atoms with E-state index in [2.05, 4.69) is 192 Å². The largest absolute Gasteiger partial charge is 2.00 e. The normalized spacial score (nSPS) is 21.7. The third kappa shape index (κ3) is 31.8. The van der Waals surface area contributed by atoms with Crippen molar-refractivity contribution in [3.05, 3.63) is 56.5 Å². The predicted octanol–water partition coefficient (Wildman–Crippen LogP) is 19.4. The zero-order valence-electron chi connectivity index (χ0n) is 57.7. The summed E-state index contributed by atoms with van der Waals surface area (Å²) in [4.78, 5) is 36.6. The van der Waals surface area contributed by atoms with E-state index in [-0.39, 0.29) is 134 Å². The minimum absolute atomic E-state index is 0. The van der Waals surface area contributed by atoms with Gasteiger partial charge in [-0.05, 0) is 182 Å². The molecule has 3 atom stereocenters. The number of ether oxygens (including phenoxy) is 3. The molecule has 0 heterocycles. The van der Waals surface area contributed by atoms with Crippen molar-refractivity contribution in [2.24, 2.45) is 76.8 Å². The average molecular weight is 1410 g/mol. The summed E-state index contributed by atoms with van der Waals surface area (Å²) in [5.74, 6) is -1.08. The van der Waals surface area contributed by atoms with Gasteiger partial charge in [-0.3, -0.25) is 9.59 Å². The monoisotopic (exact) mass is 1410 g/mol. The molecule has 9 nitrogen and oxygen atoms in total. The van der Waals surface area contributed by atoms with Gasteiger partial charge in [0, 0.05) is 5.33 Å². The minimum Gasteiger partial charge on any atom is -1.00 e. The summed E-state index contributed by atoms with van der Waals surface area (Å²) in [6.45, 7) is 62.8. The summed E-state index contributed by atoms with van der Waals surface area (Å²) in [6, 6.07) is 6.58. The van der Waals surface area contributed by atoms with Crippen LogP contribution in [0, 0.1) is 118 Å². The summed E-state index contributed by atoms with van der Waals surface area (Å²) in [7, 11) is 0. The van der Waals surface area contributed by atoms with Crippen molar-refractivity contribution in [3.63, 3.8) is 0 Å². The van der Waals surface area contributed by atoms with E-state index < -0.39 is 28.7 Å². The molecular formula is C75H137BrIMgN3O6. The SMILES string of the molecule is C.C.C.C.C=CCBr.C=CCC(C#N)(C(=O)OCC)C1(C)CC(C)(C)CC(C)(C)C1.C=CCC(CC)C1(C)CC(C)(C)CC(C)(C)C1.CCOC(=O)C(C#N)=C1CC(C)(C)CC(C)(C)C1.CCOC(=O)C(C#N)C1(C)CC(C)(C)CC(C)(C)C1.[CH3-].[I-].[Mg+2]. The third-order valence-electron chi connectivity index (χ3n) is 17.1. The van der Waals surface area contributed by atoms with Gasteiger partial charge in [0.05, 0.1) is 32.0 Å². The first-order chi connectivity index (χ1) is 36.3. The van der Waals surface area contributed by atoms with E-state index >= 15 is 0 Å². The van der Waals surface area contributed by atoms with Crippen LogP contribution in [0.1, 0.15) is 285 Å². The van der Waals surface area contributed by atoms with E-state index in [0.717, 1.165) is 74.6 Å². The number of hydrogen-bond acceptors (Lipinski definition) is 9. The van der Waals surface area contributed by atoms with Gasteiger partial charge in [-0.2, -0.15) is 15.8 Å². The van der Waals surface area contributed by atoms with Gasteiger partial charge in [0.1, 0.15) is 17.6 Å². The van der Waals surface area contributed by atoms with Gasteiger partial charge in [-0.25, -0.2) is 4.79 Å². The van der Waals surface area contributed by atoms with E-state index in [1.807, 2.05) is 6.07 Å². The maximum Gasteiger partial charge on any atom is 2.00 e. The van der Waals surface area contributed by atoms with Gasteiger partial charge < -0.3 is 45.6 Å². The van der Waals surface area contributed by atoms with Crippen molar-refractivity contribution in [3.8, 4) is 18.2 Å². The standard InChI is InChI=1S/C19H31NO2.C17H32.C16H27NO2.C15H23NO2.C3H5Br.4CH4.CH3.HI.Mg/c1-8-10-19(14-20,15(21)22-9-2)18(7)12-16(3,4)11-17(5,6)13-18;1-8-10-14(9-2)17(7)12-15(3,4)11-16(5,6)13-17;1-7-19-13(18)12(8-17)16(6)10-14(2,3)9-15(4,5)11-16;1-6-18-13(17)12(9-16)11-7-14(2,3)10-15(4,5)8-11;1-2-3-4;;;;;;;/h8H,1,9-13H2,2-7H3;8,14H,1,9-13H2,2-7H3;12H,7,9-11H2,1-6H3;6-8,10H2,1-5H3;2H,1,3H2;4*1H4;1H3;1H;/q;;;;;;;;;-1;;+2/p-1. The summed E-state index contributed by atoms with van der Waals surface area (Å²) in [6.07, 6.45) is 20.9. The number of carbonyl (C=O) groups excluding carboxylic acids is 3. The fraction of sp³-hybridized carbons (Fsp3) is 0.800. The van der Waals surface area contributed by atoms with Crippen molar-refractivity contribution in [2.45, 2.75) is 285 Å². The number of nitriles is 3. The minimum atomic E-state index is -1.15. The smallest absolute Gasteiger partial charge is 1.00 e. The van der Waals surface area contributed by atoms with Crippen LogP contribution in [0.25, 0.3) is 0 Å². The van der Waals surface area contributed by atoms with Crippen LogP contribution in [-0.2, 0) is 28.6 Å². The molecule has 4 aliphatic rings. The molecule has 0 aliphatic heterocycles. The summed E-state index contributed by atoms with van der Waals surface area (Å²) >= 11 is 3.13. The van der Waals surface area contributed by atoms with Crippen molar-refractivity contribution >= 4 is 56.9 Å². The Morgan fingerprint density at radius 3 is 1.18 bits per heavy atom. The first-order valence-corrected chi connectivity index (χ1v) is 31.2. The third-order valence-corrected chi connectivity index (χ3v) is 17.6. The molecule has 0 radical (unpaired) electrons. The van der Waals surface area contributed by atoms with Crippen molar-refractivity contribution < 1.29 is 52.6 Å². The van der Waals surface area contributed by atoms with Crippen LogP contribution in [0.5, 0.6) is 0 Å². The zero-order chi connectivity index (χ0) is 62.8. The van der Waals surface area contributed by atoms with Crippen LogP contribution in [0.2, 0.25) is 0 Å². The Kier molecular flexibility index (Phi) is 47.3. The van der Waals surface area contributed by atoms with Crippen LogP contribution in [-0.4, -0.2) is 66.1 Å². The Labute approximate surface area is 582 Å². The number of allylic oxidation sites excluding steroid dienone is 4. The molecule has 0 aromatic rings. The molecule has 0 aromatic carbocycles. The van der Waals surface area contributed by atoms with E-state index in [0.29, 0.717) is 42.5 Å². The Balaban J connectivity index is -0.000000152. The van der Waals surface area contributed by atoms with E-state index in [1.54, 1.807) is 32.9 Å². The van der Waals surface area contributed by atoms with Gasteiger partial charge in [0.2, 0.25) is 0 Å². The number of rotatable bonds is 15. The molecule has 12 heteroatoms. The maximum absolute atomic E-state index is 12.7. The van der Waals surface area contributed by atoms with Gasteiger partial charge >= 0.3 is 41.0 Å². The summed E-state index contributed by atoms with van der Waals surface area (Å²) in [5, 5.41) is 29.5. The molecule has 0 saturated heterocycles. The summed E-state index contributed by atoms with van der Waals surface area (Å²) in [5.41, 5.74) is 1.52. The van der Waals surface area contributed by atoms with Gasteiger partial charge in [-0.1, -0.05) is 209 Å². The first kappa shape index (κ1) is 101. The van der Waals surface area contributed by atoms with Crippen molar-refractivity contribution in [1.29, 1.82) is 15.8 Å². The number of alkyl halides is 1. The number of carbonyl (C=O) groups is 3. The van der Waals surface area contributed by atoms with Crippen molar-refractivity contribution in [2.75, 3.05) is 25.2 Å². The van der Waals surface area contributed by atoms with Crippen LogP contribution in [0.3, 0.4) is 0 Å². The number of esters is 3. The quantitative estimate of drug-likeness (QED) is 0.0180. The Bertz CT molecular complexity index is 2190. The fourth-order valence-corrected chi connectivity index (χ4v) is 18.2. The molecule has 4 saturated carbocycles. The predicted molar refractivity (Wildman–Crippen MR) is 376 cm³/mol. The number of nitrogens with zero attached hydrogens (tertiary/aromatic N) is 3. The second-order valence-corrected chi connectivity index (χ2v) is 32.4. The molecule has 4 aliphatic carbocycles. The van der Waals surface area contributed by atoms with Gasteiger partial charge in [0.25, 0.3) is 0 Å². The molecule has 0 bridgehead atoms. The van der Waals surface area contributed by atoms with Crippen LogP contribution < -0.4 is 24.0 Å². The molecule has 0 spiro atoms. The van der Waals surface area contributed by atoms with Crippen LogP contribution in [0.15, 0.2) is 49.1 Å². The Morgan fingerprint density at radius 2 is 0.897 bits per heavy atom. The molecule has 504 valence electrons. The fourth-order valence-electron chi connectivity index (χ4n) is 18.2. The molecule has 0 aromatic heterocycles. The van der Waals surface area contributed by atoms with Crippen LogP contribution in [0.4, 0.5) is 0 Å². The molecule has 87 heavy (non-hydrogen) atoms. The maximum atomic E-state index is 12.7. The van der Waals surface area contributed by atoms with Gasteiger partial charge in [0.15, 0.2) is 5.41 Å². The first-order valence-electron chi connectivity index (χ1n) is 30.1. The van der Waals surface area contributed by atoms with Crippen LogP contribution >= 0.6 is 15.9 Å². The Morgan fingerprint density at radius 1 is 0.552 bits per heavy atom. The molecular weight excluding hydrogens is 1270 g/mol. The molecule has 0 amide bonds. The number of halogens is 2. The number of hydrogen-bond donors (Lipinski definition) is 0.